The Hall–Kier alpha value is -4.81. The number of hydrogen-bond acceptors (Lipinski definition) is 6. The minimum Gasteiger partial charge on any atom is -0.354 e. The number of carbonyl (C=O) groups is 2. The van der Waals surface area contributed by atoms with Gasteiger partial charge in [-0.25, -0.2) is 4.98 Å². The van der Waals surface area contributed by atoms with E-state index >= 15 is 0 Å². The van der Waals surface area contributed by atoms with E-state index in [4.69, 9.17) is 5.26 Å². The number of aromatic nitrogens is 3. The molecule has 0 spiro atoms. The molecule has 41 heavy (non-hydrogen) atoms. The van der Waals surface area contributed by atoms with E-state index < -0.39 is 6.04 Å². The second kappa shape index (κ2) is 13.5. The highest BCUT2D eigenvalue weighted by Gasteiger charge is 2.35. The van der Waals surface area contributed by atoms with Gasteiger partial charge in [0.05, 0.1) is 24.4 Å². The van der Waals surface area contributed by atoms with Crippen LogP contribution in [0, 0.1) is 11.3 Å². The number of nitrogens with zero attached hydrogens (tertiary/aromatic N) is 6. The van der Waals surface area contributed by atoms with E-state index in [0.29, 0.717) is 44.7 Å². The third-order valence-electron chi connectivity index (χ3n) is 7.36. The van der Waals surface area contributed by atoms with Gasteiger partial charge in [-0.15, -0.1) is 0 Å². The fraction of sp³-hybridized carbons (Fsp3) is 0.281. The Labute approximate surface area is 240 Å². The molecule has 1 aliphatic heterocycles. The molecule has 1 N–H and O–H groups in total. The lowest BCUT2D eigenvalue weighted by molar-refractivity contribution is -0.143. The summed E-state index contributed by atoms with van der Waals surface area (Å²) in [6.07, 6.45) is 7.78. The third kappa shape index (κ3) is 7.44. The molecule has 2 aromatic heterocycles. The summed E-state index contributed by atoms with van der Waals surface area (Å²) >= 11 is 0. The molecule has 0 aliphatic carbocycles. The number of amides is 2. The lowest BCUT2D eigenvalue weighted by atomic mass is 10.1. The second-order valence-corrected chi connectivity index (χ2v) is 10.2. The minimum absolute atomic E-state index is 0.0591. The Morgan fingerprint density at radius 2 is 1.66 bits per heavy atom. The van der Waals surface area contributed by atoms with Crippen molar-refractivity contribution < 1.29 is 9.59 Å². The molecule has 0 unspecified atom stereocenters. The van der Waals surface area contributed by atoms with Gasteiger partial charge in [-0.05, 0) is 41.0 Å². The minimum atomic E-state index is -0.578. The van der Waals surface area contributed by atoms with Gasteiger partial charge in [-0.1, -0.05) is 42.5 Å². The standard InChI is InChI=1S/C32H33N7O2/c33-19-26-6-8-28(9-7-26)22-38-24-35-20-29(38)12-15-36-32(41)30-23-37(21-27-4-2-1-3-5-27)16-17-39(30)31(40)18-25-10-13-34-14-11-25/h1-11,13-14,20,24,30H,12,15-18,21-23H2,(H,36,41)/t30-/m1/s1. The predicted octanol–water partition coefficient (Wildman–Crippen LogP) is 2.81. The molecule has 4 aromatic rings. The van der Waals surface area contributed by atoms with Gasteiger partial charge in [0.15, 0.2) is 0 Å². The summed E-state index contributed by atoms with van der Waals surface area (Å²) in [4.78, 5) is 39.2. The number of hydrogen-bond donors (Lipinski definition) is 1. The zero-order valence-electron chi connectivity index (χ0n) is 22.9. The maximum Gasteiger partial charge on any atom is 0.244 e. The summed E-state index contributed by atoms with van der Waals surface area (Å²) in [5.74, 6) is -0.208. The number of benzene rings is 2. The molecular formula is C32H33N7O2. The quantitative estimate of drug-likeness (QED) is 0.327. The molecule has 3 heterocycles. The zero-order chi connectivity index (χ0) is 28.4. The Bertz CT molecular complexity index is 1480. The summed E-state index contributed by atoms with van der Waals surface area (Å²) in [6, 6.07) is 22.9. The fourth-order valence-electron chi connectivity index (χ4n) is 5.14. The number of nitriles is 1. The van der Waals surface area contributed by atoms with E-state index in [1.165, 1.54) is 5.56 Å². The van der Waals surface area contributed by atoms with E-state index in [9.17, 15) is 9.59 Å². The van der Waals surface area contributed by atoms with Crippen molar-refractivity contribution in [3.63, 3.8) is 0 Å². The smallest absolute Gasteiger partial charge is 0.244 e. The monoisotopic (exact) mass is 547 g/mol. The molecule has 1 atom stereocenters. The topological polar surface area (TPSA) is 107 Å². The van der Waals surface area contributed by atoms with Crippen LogP contribution in [-0.4, -0.2) is 68.4 Å². The largest absolute Gasteiger partial charge is 0.354 e. The van der Waals surface area contributed by atoms with Crippen LogP contribution >= 0.6 is 0 Å². The average Bonchev–Trinajstić information content (AvgIpc) is 3.45. The first-order valence-electron chi connectivity index (χ1n) is 13.8. The van der Waals surface area contributed by atoms with Gasteiger partial charge in [0, 0.05) is 70.0 Å². The normalized spacial score (nSPS) is 15.3. The highest BCUT2D eigenvalue weighted by atomic mass is 16.2. The van der Waals surface area contributed by atoms with Crippen LogP contribution in [0.1, 0.15) is 27.9 Å². The summed E-state index contributed by atoms with van der Waals surface area (Å²) in [5, 5.41) is 12.1. The van der Waals surface area contributed by atoms with Gasteiger partial charge in [0.2, 0.25) is 11.8 Å². The van der Waals surface area contributed by atoms with Crippen LogP contribution in [0.3, 0.4) is 0 Å². The van der Waals surface area contributed by atoms with Crippen molar-refractivity contribution in [2.75, 3.05) is 26.2 Å². The highest BCUT2D eigenvalue weighted by Crippen LogP contribution is 2.16. The molecule has 5 rings (SSSR count). The molecule has 0 bridgehead atoms. The molecule has 1 aliphatic rings. The molecule has 0 saturated carbocycles. The maximum absolute atomic E-state index is 13.5. The first-order chi connectivity index (χ1) is 20.1. The number of imidazole rings is 1. The predicted molar refractivity (Wildman–Crippen MR) is 154 cm³/mol. The molecule has 1 fully saturated rings. The van der Waals surface area contributed by atoms with Crippen molar-refractivity contribution in [2.24, 2.45) is 0 Å². The first kappa shape index (κ1) is 27.7. The van der Waals surface area contributed by atoms with Crippen LogP contribution in [0.25, 0.3) is 0 Å². The number of rotatable bonds is 10. The Morgan fingerprint density at radius 1 is 0.902 bits per heavy atom. The fourth-order valence-corrected chi connectivity index (χ4v) is 5.14. The van der Waals surface area contributed by atoms with Gasteiger partial charge in [0.25, 0.3) is 0 Å². The number of carbonyl (C=O) groups excluding carboxylic acids is 2. The Kier molecular flexibility index (Phi) is 9.14. The van der Waals surface area contributed by atoms with Crippen LogP contribution in [0.15, 0.2) is 91.6 Å². The van der Waals surface area contributed by atoms with E-state index in [-0.39, 0.29) is 18.2 Å². The molecule has 9 nitrogen and oxygen atoms in total. The van der Waals surface area contributed by atoms with Gasteiger partial charge < -0.3 is 14.8 Å². The number of nitrogens with one attached hydrogen (secondary N) is 1. The molecule has 9 heteroatoms. The Morgan fingerprint density at radius 3 is 2.41 bits per heavy atom. The van der Waals surface area contributed by atoms with Crippen LogP contribution in [0.4, 0.5) is 0 Å². The summed E-state index contributed by atoms with van der Waals surface area (Å²) < 4.78 is 2.04. The van der Waals surface area contributed by atoms with Crippen molar-refractivity contribution in [3.05, 3.63) is 120 Å². The van der Waals surface area contributed by atoms with Gasteiger partial charge in [0.1, 0.15) is 6.04 Å². The maximum atomic E-state index is 13.5. The van der Waals surface area contributed by atoms with Crippen molar-refractivity contribution in [1.29, 1.82) is 5.26 Å². The summed E-state index contributed by atoms with van der Waals surface area (Å²) in [7, 11) is 0. The molecule has 2 amide bonds. The molecule has 208 valence electrons. The Balaban J connectivity index is 1.22. The summed E-state index contributed by atoms with van der Waals surface area (Å²) in [5.41, 5.74) is 4.75. The second-order valence-electron chi connectivity index (χ2n) is 10.2. The van der Waals surface area contributed by atoms with E-state index in [1.807, 2.05) is 53.2 Å². The van der Waals surface area contributed by atoms with Gasteiger partial charge in [-0.3, -0.25) is 19.5 Å². The van der Waals surface area contributed by atoms with E-state index in [0.717, 1.165) is 23.4 Å². The van der Waals surface area contributed by atoms with Crippen molar-refractivity contribution in [3.8, 4) is 6.07 Å². The van der Waals surface area contributed by atoms with Crippen LogP contribution in [0.5, 0.6) is 0 Å². The van der Waals surface area contributed by atoms with Crippen molar-refractivity contribution in [2.45, 2.75) is 32.0 Å². The molecular weight excluding hydrogens is 514 g/mol. The van der Waals surface area contributed by atoms with Gasteiger partial charge >= 0.3 is 0 Å². The summed E-state index contributed by atoms with van der Waals surface area (Å²) in [6.45, 7) is 3.45. The first-order valence-corrected chi connectivity index (χ1v) is 13.8. The van der Waals surface area contributed by atoms with Crippen molar-refractivity contribution >= 4 is 11.8 Å². The highest BCUT2D eigenvalue weighted by molar-refractivity contribution is 5.89. The van der Waals surface area contributed by atoms with Gasteiger partial charge in [-0.2, -0.15) is 5.26 Å². The third-order valence-corrected chi connectivity index (χ3v) is 7.36. The van der Waals surface area contributed by atoms with E-state index in [2.05, 4.69) is 38.4 Å². The molecule has 2 aromatic carbocycles. The van der Waals surface area contributed by atoms with E-state index in [1.54, 1.807) is 35.8 Å². The number of piperazine rings is 1. The SMILES string of the molecule is N#Cc1ccc(Cn2cncc2CCNC(=O)[C@H]2CN(Cc3ccccc3)CCN2C(=O)Cc2ccncc2)cc1. The van der Waals surface area contributed by atoms with Crippen molar-refractivity contribution in [1.82, 2.24) is 29.7 Å². The molecule has 1 saturated heterocycles. The average molecular weight is 548 g/mol. The zero-order valence-corrected chi connectivity index (χ0v) is 22.9. The molecule has 0 radical (unpaired) electrons. The lowest BCUT2D eigenvalue weighted by Crippen LogP contribution is -2.60. The van der Waals surface area contributed by atoms with Crippen LogP contribution in [-0.2, 0) is 35.5 Å². The lowest BCUT2D eigenvalue weighted by Gasteiger charge is -2.40. The van der Waals surface area contributed by atoms with Crippen LogP contribution < -0.4 is 5.32 Å². The van der Waals surface area contributed by atoms with Crippen LogP contribution in [0.2, 0.25) is 0 Å². The number of pyridine rings is 1.